The Labute approximate surface area is 112 Å². The van der Waals surface area contributed by atoms with Crippen LogP contribution in [0.25, 0.3) is 0 Å². The summed E-state index contributed by atoms with van der Waals surface area (Å²) < 4.78 is 5.15. The third-order valence-electron chi connectivity index (χ3n) is 2.28. The summed E-state index contributed by atoms with van der Waals surface area (Å²) in [6, 6.07) is 5.09. The molecule has 0 atom stereocenters. The Kier molecular flexibility index (Phi) is 4.53. The first-order valence-electron chi connectivity index (χ1n) is 5.99. The Morgan fingerprint density at radius 3 is 2.42 bits per heavy atom. The van der Waals surface area contributed by atoms with Gasteiger partial charge in [0.05, 0.1) is 6.42 Å². The van der Waals surface area contributed by atoms with Crippen LogP contribution < -0.4 is 5.32 Å². The number of aliphatic carboxylic acids is 1. The lowest BCUT2D eigenvalue weighted by Gasteiger charge is -2.20. The highest BCUT2D eigenvalue weighted by Crippen LogP contribution is 2.18. The normalized spacial score (nSPS) is 10.9. The average Bonchev–Trinajstić information content (AvgIpc) is 2.18. The van der Waals surface area contributed by atoms with E-state index in [-0.39, 0.29) is 6.42 Å². The second kappa shape index (κ2) is 5.73. The van der Waals surface area contributed by atoms with Gasteiger partial charge in [-0.3, -0.25) is 10.1 Å². The molecule has 0 saturated heterocycles. The van der Waals surface area contributed by atoms with E-state index < -0.39 is 17.7 Å². The lowest BCUT2D eigenvalue weighted by Crippen LogP contribution is -2.27. The SMILES string of the molecule is Cc1cc(CC(=O)O)ccc1NC(=O)OC(C)(C)C. The van der Waals surface area contributed by atoms with E-state index in [1.807, 2.05) is 0 Å². The number of benzene rings is 1. The quantitative estimate of drug-likeness (QED) is 0.881. The number of amides is 1. The molecule has 1 amide bonds. The fraction of sp³-hybridized carbons (Fsp3) is 0.429. The third kappa shape index (κ3) is 5.42. The molecule has 0 aliphatic heterocycles. The lowest BCUT2D eigenvalue weighted by molar-refractivity contribution is -0.136. The van der Waals surface area contributed by atoms with Gasteiger partial charge in [-0.05, 0) is 44.9 Å². The molecule has 0 fully saturated rings. The molecule has 0 bridgehead atoms. The summed E-state index contributed by atoms with van der Waals surface area (Å²) in [6.07, 6.45) is -0.560. The summed E-state index contributed by atoms with van der Waals surface area (Å²) >= 11 is 0. The number of ether oxygens (including phenoxy) is 1. The van der Waals surface area contributed by atoms with Crippen LogP contribution in [0.2, 0.25) is 0 Å². The second-order valence-corrected chi connectivity index (χ2v) is 5.35. The third-order valence-corrected chi connectivity index (χ3v) is 2.28. The first kappa shape index (κ1) is 15.0. The fourth-order valence-electron chi connectivity index (χ4n) is 1.56. The highest BCUT2D eigenvalue weighted by atomic mass is 16.6. The lowest BCUT2D eigenvalue weighted by atomic mass is 10.1. The molecule has 1 aromatic carbocycles. The predicted molar refractivity (Wildman–Crippen MR) is 72.4 cm³/mol. The maximum atomic E-state index is 11.6. The van der Waals surface area contributed by atoms with Crippen molar-refractivity contribution >= 4 is 17.7 Å². The Morgan fingerprint density at radius 1 is 1.32 bits per heavy atom. The zero-order chi connectivity index (χ0) is 14.6. The number of carbonyl (C=O) groups is 2. The molecule has 0 radical (unpaired) electrons. The summed E-state index contributed by atoms with van der Waals surface area (Å²) in [5, 5.41) is 11.3. The molecular weight excluding hydrogens is 246 g/mol. The van der Waals surface area contributed by atoms with Crippen LogP contribution in [-0.2, 0) is 16.0 Å². The van der Waals surface area contributed by atoms with Crippen molar-refractivity contribution in [1.82, 2.24) is 0 Å². The summed E-state index contributed by atoms with van der Waals surface area (Å²) in [5.41, 5.74) is 1.55. The molecule has 0 spiro atoms. The van der Waals surface area contributed by atoms with E-state index in [0.29, 0.717) is 11.3 Å². The Morgan fingerprint density at radius 2 is 1.95 bits per heavy atom. The van der Waals surface area contributed by atoms with Crippen molar-refractivity contribution in [3.63, 3.8) is 0 Å². The van der Waals surface area contributed by atoms with Gasteiger partial charge in [0.2, 0.25) is 0 Å². The number of carbonyl (C=O) groups excluding carboxylic acids is 1. The molecule has 0 aliphatic rings. The van der Waals surface area contributed by atoms with Crippen LogP contribution in [0, 0.1) is 6.92 Å². The maximum Gasteiger partial charge on any atom is 0.412 e. The zero-order valence-corrected chi connectivity index (χ0v) is 11.6. The molecule has 0 aromatic heterocycles. The summed E-state index contributed by atoms with van der Waals surface area (Å²) in [4.78, 5) is 22.2. The van der Waals surface area contributed by atoms with Crippen molar-refractivity contribution in [3.8, 4) is 0 Å². The number of carboxylic acids is 1. The van der Waals surface area contributed by atoms with Crippen molar-refractivity contribution in [1.29, 1.82) is 0 Å². The largest absolute Gasteiger partial charge is 0.481 e. The molecule has 0 saturated carbocycles. The van der Waals surface area contributed by atoms with Gasteiger partial charge in [0.25, 0.3) is 0 Å². The van der Waals surface area contributed by atoms with Crippen LogP contribution in [0.3, 0.4) is 0 Å². The van der Waals surface area contributed by atoms with Crippen molar-refractivity contribution in [3.05, 3.63) is 29.3 Å². The van der Waals surface area contributed by atoms with Gasteiger partial charge in [0, 0.05) is 5.69 Å². The summed E-state index contributed by atoms with van der Waals surface area (Å²) in [5.74, 6) is -0.882. The zero-order valence-electron chi connectivity index (χ0n) is 11.6. The van der Waals surface area contributed by atoms with Gasteiger partial charge in [0.15, 0.2) is 0 Å². The Hall–Kier alpha value is -2.04. The van der Waals surface area contributed by atoms with Crippen molar-refractivity contribution < 1.29 is 19.4 Å². The minimum atomic E-state index is -0.882. The number of hydrogen-bond donors (Lipinski definition) is 2. The second-order valence-electron chi connectivity index (χ2n) is 5.35. The highest BCUT2D eigenvalue weighted by Gasteiger charge is 2.16. The fourth-order valence-corrected chi connectivity index (χ4v) is 1.56. The molecule has 0 aliphatic carbocycles. The van der Waals surface area contributed by atoms with Crippen LogP contribution in [0.5, 0.6) is 0 Å². The van der Waals surface area contributed by atoms with Gasteiger partial charge in [-0.1, -0.05) is 12.1 Å². The van der Waals surface area contributed by atoms with E-state index in [2.05, 4.69) is 5.32 Å². The minimum Gasteiger partial charge on any atom is -0.481 e. The topological polar surface area (TPSA) is 75.6 Å². The molecule has 1 rings (SSSR count). The van der Waals surface area contributed by atoms with Crippen LogP contribution in [0.1, 0.15) is 31.9 Å². The average molecular weight is 265 g/mol. The van der Waals surface area contributed by atoms with Crippen LogP contribution in [-0.4, -0.2) is 22.8 Å². The molecule has 2 N–H and O–H groups in total. The molecule has 19 heavy (non-hydrogen) atoms. The van der Waals surface area contributed by atoms with Gasteiger partial charge >= 0.3 is 12.1 Å². The monoisotopic (exact) mass is 265 g/mol. The van der Waals surface area contributed by atoms with Gasteiger partial charge in [-0.2, -0.15) is 0 Å². The molecule has 104 valence electrons. The van der Waals surface area contributed by atoms with Gasteiger partial charge < -0.3 is 9.84 Å². The van der Waals surface area contributed by atoms with Crippen molar-refractivity contribution in [2.24, 2.45) is 0 Å². The van der Waals surface area contributed by atoms with E-state index in [1.54, 1.807) is 45.9 Å². The van der Waals surface area contributed by atoms with E-state index in [1.165, 1.54) is 0 Å². The smallest absolute Gasteiger partial charge is 0.412 e. The Balaban J connectivity index is 2.75. The van der Waals surface area contributed by atoms with Gasteiger partial charge in [-0.25, -0.2) is 4.79 Å². The van der Waals surface area contributed by atoms with E-state index >= 15 is 0 Å². The number of carboxylic acid groups (broad SMARTS) is 1. The molecule has 1 aromatic rings. The molecule has 5 nitrogen and oxygen atoms in total. The number of rotatable bonds is 3. The highest BCUT2D eigenvalue weighted by molar-refractivity contribution is 5.86. The number of aryl methyl sites for hydroxylation is 1. The first-order chi connectivity index (χ1) is 8.67. The maximum absolute atomic E-state index is 11.6. The molecule has 0 unspecified atom stereocenters. The van der Waals surface area contributed by atoms with Crippen LogP contribution >= 0.6 is 0 Å². The minimum absolute atomic E-state index is 0.0342. The predicted octanol–water partition coefficient (Wildman–Crippen LogP) is 2.97. The number of hydrogen-bond acceptors (Lipinski definition) is 3. The summed E-state index contributed by atoms with van der Waals surface area (Å²) in [7, 11) is 0. The van der Waals surface area contributed by atoms with E-state index in [4.69, 9.17) is 9.84 Å². The molecular formula is C14H19NO4. The van der Waals surface area contributed by atoms with Gasteiger partial charge in [0.1, 0.15) is 5.60 Å². The first-order valence-corrected chi connectivity index (χ1v) is 5.99. The van der Waals surface area contributed by atoms with Crippen LogP contribution in [0.4, 0.5) is 10.5 Å². The van der Waals surface area contributed by atoms with Crippen molar-refractivity contribution in [2.45, 2.75) is 39.7 Å². The van der Waals surface area contributed by atoms with Crippen molar-refractivity contribution in [2.75, 3.05) is 5.32 Å². The van der Waals surface area contributed by atoms with E-state index in [9.17, 15) is 9.59 Å². The Bertz CT molecular complexity index is 489. The number of anilines is 1. The van der Waals surface area contributed by atoms with E-state index in [0.717, 1.165) is 5.56 Å². The van der Waals surface area contributed by atoms with Crippen LogP contribution in [0.15, 0.2) is 18.2 Å². The standard InChI is InChI=1S/C14H19NO4/c1-9-7-10(8-12(16)17)5-6-11(9)15-13(18)19-14(2,3)4/h5-7H,8H2,1-4H3,(H,15,18)(H,16,17). The number of nitrogens with one attached hydrogen (secondary N) is 1. The summed E-state index contributed by atoms with van der Waals surface area (Å²) in [6.45, 7) is 7.16. The van der Waals surface area contributed by atoms with Gasteiger partial charge in [-0.15, -0.1) is 0 Å². The molecule has 5 heteroatoms. The molecule has 0 heterocycles.